The van der Waals surface area contributed by atoms with E-state index >= 15 is 0 Å². The van der Waals surface area contributed by atoms with Crippen LogP contribution in [-0.2, 0) is 16.1 Å². The predicted molar refractivity (Wildman–Crippen MR) is 88.6 cm³/mol. The first-order valence-electron chi connectivity index (χ1n) is 7.46. The molecule has 5 heteroatoms. The van der Waals surface area contributed by atoms with Gasteiger partial charge in [0.1, 0.15) is 6.61 Å². The van der Waals surface area contributed by atoms with Gasteiger partial charge in [-0.25, -0.2) is 4.79 Å². The first-order valence-corrected chi connectivity index (χ1v) is 7.84. The van der Waals surface area contributed by atoms with Gasteiger partial charge in [-0.3, -0.25) is 4.79 Å². The maximum Gasteiger partial charge on any atom is 0.340 e. The summed E-state index contributed by atoms with van der Waals surface area (Å²) in [7, 11) is 0. The maximum atomic E-state index is 12.4. The van der Waals surface area contributed by atoms with E-state index in [0.29, 0.717) is 29.2 Å². The fourth-order valence-electron chi connectivity index (χ4n) is 2.64. The lowest BCUT2D eigenvalue weighted by Crippen LogP contribution is -2.26. The second-order valence-electron chi connectivity index (χ2n) is 5.37. The molecule has 3 rings (SSSR count). The first kappa shape index (κ1) is 15.6. The monoisotopic (exact) mass is 329 g/mol. The number of anilines is 1. The molecule has 2 aromatic carbocycles. The lowest BCUT2D eigenvalue weighted by molar-refractivity contribution is -0.117. The van der Waals surface area contributed by atoms with E-state index in [1.807, 2.05) is 18.2 Å². The molecule has 1 fully saturated rings. The Morgan fingerprint density at radius 1 is 1.17 bits per heavy atom. The van der Waals surface area contributed by atoms with Gasteiger partial charge in [-0.2, -0.15) is 0 Å². The van der Waals surface area contributed by atoms with Crippen LogP contribution < -0.4 is 4.90 Å². The summed E-state index contributed by atoms with van der Waals surface area (Å²) in [5, 5.41) is 0.599. The lowest BCUT2D eigenvalue weighted by atomic mass is 10.1. The Hall–Kier alpha value is -2.33. The van der Waals surface area contributed by atoms with Crippen molar-refractivity contribution < 1.29 is 14.3 Å². The van der Waals surface area contributed by atoms with Crippen molar-refractivity contribution in [2.75, 3.05) is 11.4 Å². The number of benzene rings is 2. The molecule has 0 atom stereocenters. The zero-order chi connectivity index (χ0) is 16.2. The molecule has 23 heavy (non-hydrogen) atoms. The van der Waals surface area contributed by atoms with Crippen LogP contribution in [0.15, 0.2) is 48.5 Å². The molecule has 2 aromatic rings. The molecule has 1 heterocycles. The number of nitrogens with zero attached hydrogens (tertiary/aromatic N) is 1. The van der Waals surface area contributed by atoms with E-state index < -0.39 is 5.97 Å². The minimum absolute atomic E-state index is 0.0418. The Morgan fingerprint density at radius 3 is 2.74 bits per heavy atom. The summed E-state index contributed by atoms with van der Waals surface area (Å²) in [4.78, 5) is 26.0. The Balaban J connectivity index is 1.76. The third-order valence-electron chi connectivity index (χ3n) is 3.75. The van der Waals surface area contributed by atoms with Crippen LogP contribution >= 0.6 is 11.6 Å². The smallest absolute Gasteiger partial charge is 0.340 e. The Kier molecular flexibility index (Phi) is 4.63. The highest BCUT2D eigenvalue weighted by molar-refractivity contribution is 6.30. The average molecular weight is 330 g/mol. The fraction of sp³-hybridized carbons (Fsp3) is 0.222. The fourth-order valence-corrected chi connectivity index (χ4v) is 2.85. The number of carbonyl (C=O) groups is 2. The zero-order valence-electron chi connectivity index (χ0n) is 12.5. The average Bonchev–Trinajstić information content (AvgIpc) is 2.98. The molecule has 0 radical (unpaired) electrons. The third-order valence-corrected chi connectivity index (χ3v) is 3.98. The molecule has 118 valence electrons. The molecule has 0 saturated carbocycles. The largest absolute Gasteiger partial charge is 0.457 e. The zero-order valence-corrected chi connectivity index (χ0v) is 13.3. The van der Waals surface area contributed by atoms with Crippen molar-refractivity contribution in [1.29, 1.82) is 0 Å². The van der Waals surface area contributed by atoms with Gasteiger partial charge in [0.05, 0.1) is 11.3 Å². The normalized spacial score (nSPS) is 14.1. The molecular weight excluding hydrogens is 314 g/mol. The van der Waals surface area contributed by atoms with E-state index in [9.17, 15) is 9.59 Å². The molecule has 4 nitrogen and oxygen atoms in total. The topological polar surface area (TPSA) is 46.6 Å². The molecule has 0 bridgehead atoms. The highest BCUT2D eigenvalue weighted by atomic mass is 35.5. The number of para-hydroxylation sites is 1. The Bertz CT molecular complexity index is 745. The molecule has 1 aliphatic rings. The third kappa shape index (κ3) is 3.54. The second kappa shape index (κ2) is 6.84. The van der Waals surface area contributed by atoms with Crippen molar-refractivity contribution in [2.24, 2.45) is 0 Å². The van der Waals surface area contributed by atoms with E-state index in [2.05, 4.69) is 0 Å². The second-order valence-corrected chi connectivity index (χ2v) is 5.81. The molecule has 0 unspecified atom stereocenters. The van der Waals surface area contributed by atoms with Crippen LogP contribution in [0.2, 0.25) is 5.02 Å². The van der Waals surface area contributed by atoms with E-state index in [-0.39, 0.29) is 12.5 Å². The molecule has 0 spiro atoms. The van der Waals surface area contributed by atoms with Crippen molar-refractivity contribution in [3.63, 3.8) is 0 Å². The number of hydrogen-bond acceptors (Lipinski definition) is 3. The first-order chi connectivity index (χ1) is 11.1. The van der Waals surface area contributed by atoms with Crippen LogP contribution in [0.3, 0.4) is 0 Å². The van der Waals surface area contributed by atoms with Crippen LogP contribution in [-0.4, -0.2) is 18.4 Å². The number of esters is 1. The van der Waals surface area contributed by atoms with Gasteiger partial charge >= 0.3 is 5.97 Å². The number of carbonyl (C=O) groups excluding carboxylic acids is 2. The summed E-state index contributed by atoms with van der Waals surface area (Å²) in [5.41, 5.74) is 1.84. The van der Waals surface area contributed by atoms with Crippen LogP contribution in [0, 0.1) is 0 Å². The number of rotatable bonds is 4. The number of halogens is 1. The van der Waals surface area contributed by atoms with E-state index in [1.54, 1.807) is 35.2 Å². The molecule has 1 saturated heterocycles. The van der Waals surface area contributed by atoms with Gasteiger partial charge in [0.2, 0.25) is 5.91 Å². The summed E-state index contributed by atoms with van der Waals surface area (Å²) in [6, 6.07) is 14.2. The highest BCUT2D eigenvalue weighted by Crippen LogP contribution is 2.26. The summed E-state index contributed by atoms with van der Waals surface area (Å²) in [6.45, 7) is 0.777. The van der Waals surface area contributed by atoms with E-state index in [0.717, 1.165) is 12.0 Å². The summed E-state index contributed by atoms with van der Waals surface area (Å²) >= 11 is 5.92. The van der Waals surface area contributed by atoms with E-state index in [1.165, 1.54) is 0 Å². The van der Waals surface area contributed by atoms with Gasteiger partial charge in [-0.1, -0.05) is 35.9 Å². The van der Waals surface area contributed by atoms with Gasteiger partial charge in [0.25, 0.3) is 0 Å². The molecule has 0 aliphatic carbocycles. The number of amides is 1. The molecular formula is C18H16ClNO3. The lowest BCUT2D eigenvalue weighted by Gasteiger charge is -2.18. The van der Waals surface area contributed by atoms with Gasteiger partial charge < -0.3 is 9.64 Å². The molecule has 0 aromatic heterocycles. The predicted octanol–water partition coefficient (Wildman–Crippen LogP) is 3.82. The van der Waals surface area contributed by atoms with Crippen LogP contribution in [0.25, 0.3) is 0 Å². The summed E-state index contributed by atoms with van der Waals surface area (Å²) < 4.78 is 5.37. The van der Waals surface area contributed by atoms with Gasteiger partial charge in [0, 0.05) is 18.0 Å². The summed E-state index contributed by atoms with van der Waals surface area (Å²) in [6.07, 6.45) is 1.33. The van der Waals surface area contributed by atoms with Crippen molar-refractivity contribution in [3.8, 4) is 0 Å². The van der Waals surface area contributed by atoms with Crippen LogP contribution in [0.4, 0.5) is 5.69 Å². The minimum atomic E-state index is -0.444. The van der Waals surface area contributed by atoms with Gasteiger partial charge in [0.15, 0.2) is 0 Å². The minimum Gasteiger partial charge on any atom is -0.457 e. The maximum absolute atomic E-state index is 12.4. The summed E-state index contributed by atoms with van der Waals surface area (Å²) in [5.74, 6) is -0.402. The number of hydrogen-bond donors (Lipinski definition) is 0. The Labute approximate surface area is 139 Å². The van der Waals surface area contributed by atoms with Gasteiger partial charge in [-0.15, -0.1) is 0 Å². The van der Waals surface area contributed by atoms with Crippen LogP contribution in [0.1, 0.15) is 28.8 Å². The number of ether oxygens (including phenoxy) is 1. The SMILES string of the molecule is O=C(OCc1cccc(Cl)c1)c1ccccc1N1CCCC1=O. The molecule has 1 amide bonds. The molecule has 1 aliphatic heterocycles. The van der Waals surface area contributed by atoms with Crippen molar-refractivity contribution in [1.82, 2.24) is 0 Å². The standard InChI is InChI=1S/C18H16ClNO3/c19-14-6-3-5-13(11-14)12-23-18(22)15-7-1-2-8-16(15)20-10-4-9-17(20)21/h1-3,5-8,11H,4,9-10,12H2. The Morgan fingerprint density at radius 2 is 2.00 bits per heavy atom. The van der Waals surface area contributed by atoms with Crippen molar-refractivity contribution in [3.05, 3.63) is 64.7 Å². The van der Waals surface area contributed by atoms with Crippen molar-refractivity contribution in [2.45, 2.75) is 19.4 Å². The quantitative estimate of drug-likeness (QED) is 0.801. The van der Waals surface area contributed by atoms with Gasteiger partial charge in [-0.05, 0) is 36.2 Å². The highest BCUT2D eigenvalue weighted by Gasteiger charge is 2.26. The molecule has 0 N–H and O–H groups in total. The van der Waals surface area contributed by atoms with Crippen molar-refractivity contribution >= 4 is 29.2 Å². The van der Waals surface area contributed by atoms with Crippen LogP contribution in [0.5, 0.6) is 0 Å². The van der Waals surface area contributed by atoms with E-state index in [4.69, 9.17) is 16.3 Å².